The van der Waals surface area contributed by atoms with Gasteiger partial charge in [0.1, 0.15) is 11.9 Å². The van der Waals surface area contributed by atoms with E-state index >= 15 is 0 Å². The van der Waals surface area contributed by atoms with Crippen LogP contribution in [0.25, 0.3) is 0 Å². The van der Waals surface area contributed by atoms with Crippen LogP contribution in [0.3, 0.4) is 0 Å². The van der Waals surface area contributed by atoms with Crippen LogP contribution in [-0.2, 0) is 16.4 Å². The predicted molar refractivity (Wildman–Crippen MR) is 76.6 cm³/mol. The van der Waals surface area contributed by atoms with Crippen LogP contribution >= 0.6 is 11.6 Å². The van der Waals surface area contributed by atoms with Crippen LogP contribution in [0.1, 0.15) is 18.9 Å². The van der Waals surface area contributed by atoms with Gasteiger partial charge in [0.05, 0.1) is 9.92 Å². The van der Waals surface area contributed by atoms with Gasteiger partial charge >= 0.3 is 0 Å². The first kappa shape index (κ1) is 14.1. The Balaban J connectivity index is 1.99. The molecule has 7 heteroatoms. The molecule has 5 nitrogen and oxygen atoms in total. The van der Waals surface area contributed by atoms with Crippen LogP contribution in [0.2, 0.25) is 5.02 Å². The van der Waals surface area contributed by atoms with Crippen LogP contribution in [0.4, 0.5) is 0 Å². The highest BCUT2D eigenvalue weighted by molar-refractivity contribution is 7.89. The van der Waals surface area contributed by atoms with Crippen molar-refractivity contribution in [3.05, 3.63) is 22.7 Å². The number of fused-ring (bicyclic) bond motifs is 1. The van der Waals surface area contributed by atoms with E-state index in [-0.39, 0.29) is 17.0 Å². The van der Waals surface area contributed by atoms with E-state index in [1.165, 1.54) is 10.4 Å². The number of hydrogen-bond donors (Lipinski definition) is 1. The number of ether oxygens (including phenoxy) is 1. The van der Waals surface area contributed by atoms with Crippen LogP contribution in [0, 0.1) is 0 Å². The first-order valence-electron chi connectivity index (χ1n) is 6.62. The normalized spacial score (nSPS) is 26.6. The number of rotatable bonds is 2. The number of sulfonamides is 1. The maximum absolute atomic E-state index is 12.6. The summed E-state index contributed by atoms with van der Waals surface area (Å²) in [4.78, 5) is 0.230. The van der Waals surface area contributed by atoms with Crippen molar-refractivity contribution in [2.45, 2.75) is 36.8 Å². The Bertz CT molecular complexity index is 647. The lowest BCUT2D eigenvalue weighted by atomic mass is 10.1. The van der Waals surface area contributed by atoms with Crippen molar-refractivity contribution in [3.63, 3.8) is 0 Å². The van der Waals surface area contributed by atoms with Gasteiger partial charge in [-0.1, -0.05) is 11.6 Å². The van der Waals surface area contributed by atoms with Gasteiger partial charge in [-0.3, -0.25) is 0 Å². The molecule has 0 amide bonds. The molecule has 1 fully saturated rings. The number of benzene rings is 1. The molecule has 2 N–H and O–H groups in total. The minimum Gasteiger partial charge on any atom is -0.489 e. The highest BCUT2D eigenvalue weighted by atomic mass is 35.5. The highest BCUT2D eigenvalue weighted by Gasteiger charge is 2.33. The molecule has 0 unspecified atom stereocenters. The van der Waals surface area contributed by atoms with Gasteiger partial charge in [0.15, 0.2) is 0 Å². The van der Waals surface area contributed by atoms with Crippen LogP contribution < -0.4 is 10.5 Å². The second kappa shape index (κ2) is 4.87. The lowest BCUT2D eigenvalue weighted by Gasteiger charge is -2.17. The SMILES string of the molecule is C[C@@H]1Cc2cc(S(=O)(=O)N3CC[C@@H](N)C3)cc(Cl)c2O1. The molecule has 2 aliphatic heterocycles. The molecule has 3 rings (SSSR count). The molecule has 0 bridgehead atoms. The van der Waals surface area contributed by atoms with Gasteiger partial charge in [0.25, 0.3) is 0 Å². The summed E-state index contributed by atoms with van der Waals surface area (Å²) in [5.41, 5.74) is 6.64. The third-order valence-corrected chi connectivity index (χ3v) is 5.87. The zero-order valence-electron chi connectivity index (χ0n) is 11.2. The fourth-order valence-corrected chi connectivity index (χ4v) is 4.67. The summed E-state index contributed by atoms with van der Waals surface area (Å²) in [7, 11) is -3.52. The first-order chi connectivity index (χ1) is 9.38. The second-order valence-electron chi connectivity index (χ2n) is 5.44. The van der Waals surface area contributed by atoms with Crippen molar-refractivity contribution in [1.82, 2.24) is 4.31 Å². The van der Waals surface area contributed by atoms with E-state index in [0.717, 1.165) is 5.56 Å². The quantitative estimate of drug-likeness (QED) is 0.895. The maximum Gasteiger partial charge on any atom is 0.243 e. The average molecular weight is 317 g/mol. The Morgan fingerprint density at radius 2 is 2.20 bits per heavy atom. The minimum absolute atomic E-state index is 0.0284. The van der Waals surface area contributed by atoms with Gasteiger partial charge in [-0.15, -0.1) is 0 Å². The van der Waals surface area contributed by atoms with E-state index in [2.05, 4.69) is 0 Å². The zero-order chi connectivity index (χ0) is 14.5. The van der Waals surface area contributed by atoms with Crippen molar-refractivity contribution in [3.8, 4) is 5.75 Å². The zero-order valence-corrected chi connectivity index (χ0v) is 12.7. The van der Waals surface area contributed by atoms with Crippen LogP contribution in [0.15, 0.2) is 17.0 Å². The van der Waals surface area contributed by atoms with Crippen molar-refractivity contribution in [1.29, 1.82) is 0 Å². The molecule has 0 saturated carbocycles. The molecule has 2 aliphatic rings. The summed E-state index contributed by atoms with van der Waals surface area (Å²) in [5, 5.41) is 0.355. The summed E-state index contributed by atoms with van der Waals surface area (Å²) in [5.74, 6) is 0.608. The van der Waals surface area contributed by atoms with Crippen molar-refractivity contribution in [2.24, 2.45) is 5.73 Å². The summed E-state index contributed by atoms with van der Waals surface area (Å²) < 4.78 is 32.2. The fraction of sp³-hybridized carbons (Fsp3) is 0.538. The van der Waals surface area contributed by atoms with E-state index in [9.17, 15) is 8.42 Å². The van der Waals surface area contributed by atoms with Gasteiger partial charge < -0.3 is 10.5 Å². The van der Waals surface area contributed by atoms with Gasteiger partial charge in [0.2, 0.25) is 10.0 Å². The molecule has 0 aliphatic carbocycles. The molecular weight excluding hydrogens is 300 g/mol. The topological polar surface area (TPSA) is 72.6 Å². The number of nitrogens with two attached hydrogens (primary N) is 1. The van der Waals surface area contributed by atoms with E-state index in [4.69, 9.17) is 22.1 Å². The van der Waals surface area contributed by atoms with Crippen LogP contribution in [0.5, 0.6) is 5.75 Å². The number of hydrogen-bond acceptors (Lipinski definition) is 4. The molecule has 2 atom stereocenters. The standard InChI is InChI=1S/C13H17ClN2O3S/c1-8-4-9-5-11(6-12(14)13(9)19-8)20(17,18)16-3-2-10(15)7-16/h5-6,8,10H,2-4,7,15H2,1H3/t8-,10-/m1/s1. The molecule has 1 aromatic carbocycles. The van der Waals surface area contributed by atoms with Gasteiger partial charge in [-0.2, -0.15) is 4.31 Å². The molecule has 1 saturated heterocycles. The Kier molecular flexibility index (Phi) is 3.44. The molecule has 110 valence electrons. The molecule has 0 spiro atoms. The van der Waals surface area contributed by atoms with Gasteiger partial charge in [0, 0.05) is 31.1 Å². The van der Waals surface area contributed by atoms with E-state index in [0.29, 0.717) is 36.7 Å². The smallest absolute Gasteiger partial charge is 0.243 e. The third-order valence-electron chi connectivity index (χ3n) is 3.75. The van der Waals surface area contributed by atoms with E-state index in [1.807, 2.05) is 6.92 Å². The van der Waals surface area contributed by atoms with Crippen LogP contribution in [-0.4, -0.2) is 38.0 Å². The average Bonchev–Trinajstić information content (AvgIpc) is 2.95. The molecule has 20 heavy (non-hydrogen) atoms. The second-order valence-corrected chi connectivity index (χ2v) is 7.78. The molecule has 0 aromatic heterocycles. The monoisotopic (exact) mass is 316 g/mol. The molecular formula is C13H17ClN2O3S. The third kappa shape index (κ3) is 2.30. The molecule has 2 heterocycles. The Morgan fingerprint density at radius 1 is 1.45 bits per heavy atom. The lowest BCUT2D eigenvalue weighted by Crippen LogP contribution is -2.32. The van der Waals surface area contributed by atoms with Crippen molar-refractivity contribution >= 4 is 21.6 Å². The molecule has 1 aromatic rings. The largest absolute Gasteiger partial charge is 0.489 e. The maximum atomic E-state index is 12.6. The summed E-state index contributed by atoms with van der Waals surface area (Å²) in [6.45, 7) is 2.76. The number of halogens is 1. The number of nitrogens with zero attached hydrogens (tertiary/aromatic N) is 1. The molecule has 0 radical (unpaired) electrons. The van der Waals surface area contributed by atoms with Crippen molar-refractivity contribution < 1.29 is 13.2 Å². The Hall–Kier alpha value is -0.820. The Labute approximate surface area is 123 Å². The lowest BCUT2D eigenvalue weighted by molar-refractivity contribution is 0.255. The summed E-state index contributed by atoms with van der Waals surface area (Å²) >= 11 is 6.15. The van der Waals surface area contributed by atoms with Crippen molar-refractivity contribution in [2.75, 3.05) is 13.1 Å². The predicted octanol–water partition coefficient (Wildman–Crippen LogP) is 1.39. The summed E-state index contributed by atoms with van der Waals surface area (Å²) in [6.07, 6.45) is 1.40. The highest BCUT2D eigenvalue weighted by Crippen LogP contribution is 2.38. The van der Waals surface area contributed by atoms with E-state index < -0.39 is 10.0 Å². The Morgan fingerprint density at radius 3 is 2.85 bits per heavy atom. The van der Waals surface area contributed by atoms with Gasteiger partial charge in [-0.25, -0.2) is 8.42 Å². The van der Waals surface area contributed by atoms with E-state index in [1.54, 1.807) is 6.07 Å². The summed E-state index contributed by atoms with van der Waals surface area (Å²) in [6, 6.07) is 3.06. The fourth-order valence-electron chi connectivity index (χ4n) is 2.73. The minimum atomic E-state index is -3.52. The first-order valence-corrected chi connectivity index (χ1v) is 8.44. The van der Waals surface area contributed by atoms with Gasteiger partial charge in [-0.05, 0) is 25.5 Å².